The third kappa shape index (κ3) is 6.26. The van der Waals surface area contributed by atoms with Crippen molar-refractivity contribution >= 4 is 16.9 Å². The summed E-state index contributed by atoms with van der Waals surface area (Å²) in [6.45, 7) is 2.87. The maximum absolute atomic E-state index is 12.1. The molecule has 1 aliphatic heterocycles. The Bertz CT molecular complexity index is 1040. The number of rotatable bonds is 12. The number of benzene rings is 2. The number of aromatic nitrogens is 2. The first-order chi connectivity index (χ1) is 16.2. The van der Waals surface area contributed by atoms with Crippen LogP contribution in [0.5, 0.6) is 11.5 Å². The van der Waals surface area contributed by atoms with Crippen molar-refractivity contribution in [3.63, 3.8) is 0 Å². The molecule has 7 heteroatoms. The molecule has 4 rings (SSSR count). The summed E-state index contributed by atoms with van der Waals surface area (Å²) in [5, 5.41) is 3.01. The molecular formula is C26H33N3O4. The molecule has 3 aromatic rings. The summed E-state index contributed by atoms with van der Waals surface area (Å²) in [6.07, 6.45) is 5.12. The second kappa shape index (κ2) is 11.7. The van der Waals surface area contributed by atoms with Gasteiger partial charge in [-0.3, -0.25) is 4.79 Å². The normalized spacial score (nSPS) is 15.6. The summed E-state index contributed by atoms with van der Waals surface area (Å²) in [5.74, 6) is 2.70. The highest BCUT2D eigenvalue weighted by Crippen LogP contribution is 2.20. The van der Waals surface area contributed by atoms with Gasteiger partial charge in [0.1, 0.15) is 23.4 Å². The van der Waals surface area contributed by atoms with E-state index in [1.807, 2.05) is 30.3 Å². The molecule has 2 heterocycles. The Morgan fingerprint density at radius 2 is 2.03 bits per heavy atom. The molecule has 0 radical (unpaired) electrons. The van der Waals surface area contributed by atoms with Gasteiger partial charge < -0.3 is 24.1 Å². The van der Waals surface area contributed by atoms with Gasteiger partial charge >= 0.3 is 0 Å². The Morgan fingerprint density at radius 1 is 1.15 bits per heavy atom. The minimum Gasteiger partial charge on any atom is -0.497 e. The van der Waals surface area contributed by atoms with Gasteiger partial charge in [-0.05, 0) is 56.4 Å². The summed E-state index contributed by atoms with van der Waals surface area (Å²) >= 11 is 0. The standard InChI is InChI=1S/C26H33N3O4/c1-31-20-9-6-10-21(19-20)32-17-5-4-16-29-23-12-3-2-11-22(23)28-25(29)14-7-15-27-26(30)24-13-8-18-33-24/h2-3,6,9-12,19,24H,4-5,7-8,13-18H2,1H3,(H,27,30). The zero-order valence-corrected chi connectivity index (χ0v) is 19.3. The van der Waals surface area contributed by atoms with E-state index in [2.05, 4.69) is 28.1 Å². The van der Waals surface area contributed by atoms with E-state index >= 15 is 0 Å². The Hall–Kier alpha value is -3.06. The third-order valence-electron chi connectivity index (χ3n) is 5.92. The monoisotopic (exact) mass is 451 g/mol. The van der Waals surface area contributed by atoms with Crippen LogP contribution in [0, 0.1) is 0 Å². The van der Waals surface area contributed by atoms with E-state index in [4.69, 9.17) is 19.2 Å². The van der Waals surface area contributed by atoms with Crippen molar-refractivity contribution in [2.45, 2.75) is 51.2 Å². The maximum Gasteiger partial charge on any atom is 0.249 e. The van der Waals surface area contributed by atoms with Crippen LogP contribution in [0.2, 0.25) is 0 Å². The molecule has 176 valence electrons. The summed E-state index contributed by atoms with van der Waals surface area (Å²) in [5.41, 5.74) is 2.17. The largest absolute Gasteiger partial charge is 0.497 e. The Balaban J connectivity index is 1.27. The SMILES string of the molecule is COc1cccc(OCCCCn2c(CCCNC(=O)C3CCCO3)nc3ccccc32)c1. The lowest BCUT2D eigenvalue weighted by Crippen LogP contribution is -2.34. The molecule has 1 N–H and O–H groups in total. The summed E-state index contributed by atoms with van der Waals surface area (Å²) in [7, 11) is 1.66. The van der Waals surface area contributed by atoms with Gasteiger partial charge in [0.2, 0.25) is 5.91 Å². The molecular weight excluding hydrogens is 418 g/mol. The van der Waals surface area contributed by atoms with E-state index in [1.165, 1.54) is 0 Å². The molecule has 1 fully saturated rings. The first kappa shape index (κ1) is 23.1. The highest BCUT2D eigenvalue weighted by atomic mass is 16.5. The van der Waals surface area contributed by atoms with Crippen molar-refractivity contribution in [3.8, 4) is 11.5 Å². The van der Waals surface area contributed by atoms with Crippen LogP contribution in [0.3, 0.4) is 0 Å². The topological polar surface area (TPSA) is 74.6 Å². The average molecular weight is 452 g/mol. The number of methoxy groups -OCH3 is 1. The van der Waals surface area contributed by atoms with Crippen LogP contribution in [0.25, 0.3) is 11.0 Å². The molecule has 7 nitrogen and oxygen atoms in total. The minimum absolute atomic E-state index is 0.0111. The molecule has 1 aliphatic rings. The van der Waals surface area contributed by atoms with Crippen LogP contribution in [0.15, 0.2) is 48.5 Å². The molecule has 33 heavy (non-hydrogen) atoms. The fourth-order valence-corrected chi connectivity index (χ4v) is 4.18. The Kier molecular flexibility index (Phi) is 8.19. The number of carbonyl (C=O) groups excluding carboxylic acids is 1. The van der Waals surface area contributed by atoms with E-state index in [0.717, 1.165) is 73.4 Å². The van der Waals surface area contributed by atoms with Crippen LogP contribution in [0.1, 0.15) is 37.9 Å². The van der Waals surface area contributed by atoms with Gasteiger partial charge in [0.25, 0.3) is 0 Å². The first-order valence-electron chi connectivity index (χ1n) is 11.8. The van der Waals surface area contributed by atoms with Gasteiger partial charge in [-0.15, -0.1) is 0 Å². The number of unbranched alkanes of at least 4 members (excludes halogenated alkanes) is 1. The van der Waals surface area contributed by atoms with Crippen molar-refractivity contribution in [2.75, 3.05) is 26.9 Å². The fourth-order valence-electron chi connectivity index (χ4n) is 4.18. The predicted molar refractivity (Wildman–Crippen MR) is 128 cm³/mol. The molecule has 1 atom stereocenters. The summed E-state index contributed by atoms with van der Waals surface area (Å²) in [4.78, 5) is 17.0. The molecule has 0 spiro atoms. The van der Waals surface area contributed by atoms with Crippen LogP contribution in [-0.4, -0.2) is 48.4 Å². The minimum atomic E-state index is -0.270. The number of para-hydroxylation sites is 2. The molecule has 0 bridgehead atoms. The van der Waals surface area contributed by atoms with E-state index in [-0.39, 0.29) is 12.0 Å². The quantitative estimate of drug-likeness (QED) is 0.419. The summed E-state index contributed by atoms with van der Waals surface area (Å²) < 4.78 is 18.9. The van der Waals surface area contributed by atoms with Gasteiger partial charge in [0.05, 0.1) is 24.8 Å². The van der Waals surface area contributed by atoms with Gasteiger partial charge in [0.15, 0.2) is 0 Å². The highest BCUT2D eigenvalue weighted by molar-refractivity contribution is 5.80. The number of amides is 1. The second-order valence-corrected chi connectivity index (χ2v) is 8.30. The van der Waals surface area contributed by atoms with Crippen LogP contribution in [0.4, 0.5) is 0 Å². The lowest BCUT2D eigenvalue weighted by Gasteiger charge is -2.12. The smallest absolute Gasteiger partial charge is 0.249 e. The van der Waals surface area contributed by atoms with Crippen molar-refractivity contribution in [1.82, 2.24) is 14.9 Å². The van der Waals surface area contributed by atoms with E-state index < -0.39 is 0 Å². The lowest BCUT2D eigenvalue weighted by molar-refractivity contribution is -0.130. The zero-order chi connectivity index (χ0) is 22.9. The van der Waals surface area contributed by atoms with Crippen molar-refractivity contribution in [3.05, 3.63) is 54.4 Å². The van der Waals surface area contributed by atoms with E-state index in [1.54, 1.807) is 7.11 Å². The fraction of sp³-hybridized carbons (Fsp3) is 0.462. The van der Waals surface area contributed by atoms with Crippen molar-refractivity contribution in [1.29, 1.82) is 0 Å². The molecule has 1 amide bonds. The maximum atomic E-state index is 12.1. The average Bonchev–Trinajstić information content (AvgIpc) is 3.50. The predicted octanol–water partition coefficient (Wildman–Crippen LogP) is 4.13. The van der Waals surface area contributed by atoms with Gasteiger partial charge in [-0.2, -0.15) is 0 Å². The number of hydrogen-bond donors (Lipinski definition) is 1. The van der Waals surface area contributed by atoms with Crippen molar-refractivity contribution in [2.24, 2.45) is 0 Å². The Labute approximate surface area is 195 Å². The number of nitrogens with zero attached hydrogens (tertiary/aromatic N) is 2. The Morgan fingerprint density at radius 3 is 2.88 bits per heavy atom. The van der Waals surface area contributed by atoms with Crippen LogP contribution in [-0.2, 0) is 22.5 Å². The second-order valence-electron chi connectivity index (χ2n) is 8.30. The molecule has 1 aromatic heterocycles. The number of aryl methyl sites for hydroxylation is 2. The first-order valence-corrected chi connectivity index (χ1v) is 11.8. The molecule has 2 aromatic carbocycles. The number of carbonyl (C=O) groups is 1. The number of nitrogens with one attached hydrogen (secondary N) is 1. The summed E-state index contributed by atoms with van der Waals surface area (Å²) in [6, 6.07) is 15.9. The third-order valence-corrected chi connectivity index (χ3v) is 5.92. The van der Waals surface area contributed by atoms with E-state index in [0.29, 0.717) is 19.8 Å². The zero-order valence-electron chi connectivity index (χ0n) is 19.3. The molecule has 0 saturated carbocycles. The van der Waals surface area contributed by atoms with Gasteiger partial charge in [-0.25, -0.2) is 4.98 Å². The number of hydrogen-bond acceptors (Lipinski definition) is 5. The molecule has 1 saturated heterocycles. The lowest BCUT2D eigenvalue weighted by atomic mass is 10.2. The van der Waals surface area contributed by atoms with Gasteiger partial charge in [0, 0.05) is 32.2 Å². The number of fused-ring (bicyclic) bond motifs is 1. The molecule has 0 aliphatic carbocycles. The number of imidazole rings is 1. The highest BCUT2D eigenvalue weighted by Gasteiger charge is 2.22. The van der Waals surface area contributed by atoms with E-state index in [9.17, 15) is 4.79 Å². The van der Waals surface area contributed by atoms with Crippen LogP contribution < -0.4 is 14.8 Å². The van der Waals surface area contributed by atoms with Gasteiger partial charge in [-0.1, -0.05) is 18.2 Å². The van der Waals surface area contributed by atoms with Crippen molar-refractivity contribution < 1.29 is 19.0 Å². The molecule has 1 unspecified atom stereocenters. The number of ether oxygens (including phenoxy) is 3. The van der Waals surface area contributed by atoms with Crippen LogP contribution >= 0.6 is 0 Å².